The molecule has 2 heterocycles. The van der Waals surface area contributed by atoms with Crippen molar-refractivity contribution >= 4 is 23.2 Å². The Morgan fingerprint density at radius 2 is 1.56 bits per heavy atom. The first-order chi connectivity index (χ1) is 15.7. The van der Waals surface area contributed by atoms with Crippen LogP contribution in [0.3, 0.4) is 0 Å². The van der Waals surface area contributed by atoms with Gasteiger partial charge in [-0.05, 0) is 61.0 Å². The van der Waals surface area contributed by atoms with Crippen molar-refractivity contribution in [3.05, 3.63) is 78.5 Å². The molecule has 0 atom stereocenters. The number of piperazine rings is 1. The van der Waals surface area contributed by atoms with Crippen LogP contribution in [0.1, 0.15) is 12.5 Å². The minimum absolute atomic E-state index is 0.271. The third-order valence-electron chi connectivity index (χ3n) is 5.39. The summed E-state index contributed by atoms with van der Waals surface area (Å²) >= 11 is 0. The van der Waals surface area contributed by atoms with E-state index < -0.39 is 0 Å². The number of aromatic nitrogens is 1. The van der Waals surface area contributed by atoms with Gasteiger partial charge in [0.25, 0.3) is 0 Å². The number of nitrogens with one attached hydrogen (secondary N) is 2. The monoisotopic (exact) mass is 431 g/mol. The molecular formula is C25H29N5O2. The number of ether oxygens (including phenoxy) is 1. The molecule has 3 aromatic rings. The van der Waals surface area contributed by atoms with Crippen LogP contribution in [0.4, 0.5) is 22.0 Å². The first-order valence-corrected chi connectivity index (χ1v) is 11.0. The predicted octanol–water partition coefficient (Wildman–Crippen LogP) is 4.45. The highest BCUT2D eigenvalue weighted by Gasteiger charge is 2.17. The topological polar surface area (TPSA) is 69.7 Å². The van der Waals surface area contributed by atoms with Crippen molar-refractivity contribution in [2.24, 2.45) is 0 Å². The van der Waals surface area contributed by atoms with Crippen molar-refractivity contribution in [3.63, 3.8) is 0 Å². The molecule has 0 bridgehead atoms. The Balaban J connectivity index is 1.23. The number of hydrogen-bond donors (Lipinski definition) is 2. The summed E-state index contributed by atoms with van der Waals surface area (Å²) in [5.74, 6) is 1.83. The fraction of sp³-hybridized carbons (Fsp3) is 0.280. The summed E-state index contributed by atoms with van der Waals surface area (Å²) in [6, 6.07) is 21.1. The molecule has 2 N–H and O–H groups in total. The molecule has 2 amide bonds. The van der Waals surface area contributed by atoms with Crippen LogP contribution in [0.5, 0.6) is 5.75 Å². The van der Waals surface area contributed by atoms with Crippen molar-refractivity contribution in [1.29, 1.82) is 0 Å². The minimum atomic E-state index is -0.271. The molecule has 1 aliphatic rings. The number of hydrogen-bond acceptors (Lipinski definition) is 5. The Morgan fingerprint density at radius 3 is 2.16 bits per heavy atom. The molecule has 1 saturated heterocycles. The summed E-state index contributed by atoms with van der Waals surface area (Å²) in [4.78, 5) is 21.5. The Hall–Kier alpha value is -3.58. The van der Waals surface area contributed by atoms with Gasteiger partial charge >= 0.3 is 6.03 Å². The van der Waals surface area contributed by atoms with Crippen molar-refractivity contribution in [3.8, 4) is 5.75 Å². The lowest BCUT2D eigenvalue weighted by molar-refractivity contribution is 0.249. The molecule has 0 saturated carbocycles. The number of benzene rings is 2. The number of nitrogens with zero attached hydrogens (tertiary/aromatic N) is 3. The number of carbonyl (C=O) groups is 1. The van der Waals surface area contributed by atoms with Crippen LogP contribution in [-0.2, 0) is 6.54 Å². The van der Waals surface area contributed by atoms with Gasteiger partial charge in [-0.15, -0.1) is 0 Å². The Labute approximate surface area is 189 Å². The standard InChI is InChI=1S/C25H29N5O2/c1-2-32-23-12-10-22(11-13-23)28-25(31)27-21-8-6-20(7-9-21)19-29-15-17-30(18-16-29)24-5-3-4-14-26-24/h3-14H,2,15-19H2,1H3,(H2,27,28,31). The van der Waals surface area contributed by atoms with Crippen LogP contribution in [-0.4, -0.2) is 48.7 Å². The minimum Gasteiger partial charge on any atom is -0.494 e. The van der Waals surface area contributed by atoms with E-state index in [4.69, 9.17) is 4.74 Å². The summed E-state index contributed by atoms with van der Waals surface area (Å²) < 4.78 is 5.42. The molecule has 0 unspecified atom stereocenters. The Kier molecular flexibility index (Phi) is 7.19. The van der Waals surface area contributed by atoms with E-state index >= 15 is 0 Å². The summed E-state index contributed by atoms with van der Waals surface area (Å²) in [6.07, 6.45) is 1.84. The Morgan fingerprint density at radius 1 is 0.906 bits per heavy atom. The first kappa shape index (κ1) is 21.6. The average Bonchev–Trinajstić information content (AvgIpc) is 2.83. The zero-order valence-corrected chi connectivity index (χ0v) is 18.3. The maximum absolute atomic E-state index is 12.3. The van der Waals surface area contributed by atoms with Crippen LogP contribution < -0.4 is 20.3 Å². The summed E-state index contributed by atoms with van der Waals surface area (Å²) in [6.45, 7) is 7.40. The van der Waals surface area contributed by atoms with E-state index in [9.17, 15) is 4.79 Å². The molecular weight excluding hydrogens is 402 g/mol. The lowest BCUT2D eigenvalue weighted by Gasteiger charge is -2.35. The van der Waals surface area contributed by atoms with Crippen molar-refractivity contribution in [2.75, 3.05) is 48.3 Å². The average molecular weight is 432 g/mol. The van der Waals surface area contributed by atoms with Gasteiger partial charge in [0, 0.05) is 50.3 Å². The van der Waals surface area contributed by atoms with Crippen LogP contribution in [0.25, 0.3) is 0 Å². The fourth-order valence-electron chi connectivity index (χ4n) is 3.72. The third-order valence-corrected chi connectivity index (χ3v) is 5.39. The third kappa shape index (κ3) is 5.98. The highest BCUT2D eigenvalue weighted by molar-refractivity contribution is 5.99. The zero-order valence-electron chi connectivity index (χ0n) is 18.3. The van der Waals surface area contributed by atoms with Crippen molar-refractivity contribution in [2.45, 2.75) is 13.5 Å². The van der Waals surface area contributed by atoms with Crippen LogP contribution in [0.15, 0.2) is 72.9 Å². The highest BCUT2D eigenvalue weighted by atomic mass is 16.5. The van der Waals surface area contributed by atoms with Crippen LogP contribution in [0.2, 0.25) is 0 Å². The summed E-state index contributed by atoms with van der Waals surface area (Å²) in [5, 5.41) is 5.71. The molecule has 166 valence electrons. The van der Waals surface area contributed by atoms with Gasteiger partial charge < -0.3 is 20.3 Å². The second kappa shape index (κ2) is 10.6. The van der Waals surface area contributed by atoms with E-state index in [0.29, 0.717) is 12.3 Å². The highest BCUT2D eigenvalue weighted by Crippen LogP contribution is 2.18. The second-order valence-electron chi connectivity index (χ2n) is 7.68. The van der Waals surface area contributed by atoms with E-state index in [1.165, 1.54) is 5.56 Å². The number of pyridine rings is 1. The lowest BCUT2D eigenvalue weighted by atomic mass is 10.1. The van der Waals surface area contributed by atoms with E-state index in [1.54, 1.807) is 0 Å². The molecule has 0 spiro atoms. The quantitative estimate of drug-likeness (QED) is 0.579. The second-order valence-corrected chi connectivity index (χ2v) is 7.68. The molecule has 0 radical (unpaired) electrons. The van der Waals surface area contributed by atoms with Gasteiger partial charge in [0.1, 0.15) is 11.6 Å². The van der Waals surface area contributed by atoms with Crippen molar-refractivity contribution in [1.82, 2.24) is 9.88 Å². The molecule has 7 nitrogen and oxygen atoms in total. The molecule has 7 heteroatoms. The fourth-order valence-corrected chi connectivity index (χ4v) is 3.72. The van der Waals surface area contributed by atoms with Crippen molar-refractivity contribution < 1.29 is 9.53 Å². The van der Waals surface area contributed by atoms with Gasteiger partial charge in [0.2, 0.25) is 0 Å². The van der Waals surface area contributed by atoms with Gasteiger partial charge in [-0.1, -0.05) is 18.2 Å². The van der Waals surface area contributed by atoms with E-state index in [2.05, 4.69) is 43.6 Å². The molecule has 4 rings (SSSR count). The number of carbonyl (C=O) groups excluding carboxylic acids is 1. The summed E-state index contributed by atoms with van der Waals surface area (Å²) in [5.41, 5.74) is 2.71. The molecule has 32 heavy (non-hydrogen) atoms. The van der Waals surface area contributed by atoms with Gasteiger partial charge in [-0.2, -0.15) is 0 Å². The zero-order chi connectivity index (χ0) is 22.2. The van der Waals surface area contributed by atoms with Gasteiger partial charge in [0.15, 0.2) is 0 Å². The smallest absolute Gasteiger partial charge is 0.323 e. The van der Waals surface area contributed by atoms with E-state index in [-0.39, 0.29) is 6.03 Å². The van der Waals surface area contributed by atoms with E-state index in [1.807, 2.05) is 61.7 Å². The SMILES string of the molecule is CCOc1ccc(NC(=O)Nc2ccc(CN3CCN(c4ccccn4)CC3)cc2)cc1. The predicted molar refractivity (Wildman–Crippen MR) is 128 cm³/mol. The molecule has 1 aromatic heterocycles. The molecule has 1 fully saturated rings. The maximum atomic E-state index is 12.3. The van der Waals surface area contributed by atoms with Crippen LogP contribution in [0, 0.1) is 0 Å². The van der Waals surface area contributed by atoms with Crippen LogP contribution >= 0.6 is 0 Å². The molecule has 2 aromatic carbocycles. The van der Waals surface area contributed by atoms with E-state index in [0.717, 1.165) is 50.0 Å². The molecule has 1 aliphatic heterocycles. The first-order valence-electron chi connectivity index (χ1n) is 11.0. The number of amides is 2. The van der Waals surface area contributed by atoms with Gasteiger partial charge in [-0.25, -0.2) is 9.78 Å². The van der Waals surface area contributed by atoms with Gasteiger partial charge in [0.05, 0.1) is 6.61 Å². The number of urea groups is 1. The largest absolute Gasteiger partial charge is 0.494 e. The Bertz CT molecular complexity index is 985. The number of rotatable bonds is 7. The maximum Gasteiger partial charge on any atom is 0.323 e. The molecule has 0 aliphatic carbocycles. The lowest BCUT2D eigenvalue weighted by Crippen LogP contribution is -2.46. The number of anilines is 3. The summed E-state index contributed by atoms with van der Waals surface area (Å²) in [7, 11) is 0. The normalized spacial score (nSPS) is 14.1. The van der Waals surface area contributed by atoms with Gasteiger partial charge in [-0.3, -0.25) is 4.90 Å².